The van der Waals surface area contributed by atoms with Gasteiger partial charge in [-0.25, -0.2) is 9.59 Å². The van der Waals surface area contributed by atoms with E-state index in [1.807, 2.05) is 24.3 Å². The molecule has 6 amide bonds. The highest BCUT2D eigenvalue weighted by Gasteiger charge is 2.55. The summed E-state index contributed by atoms with van der Waals surface area (Å²) in [7, 11) is 0. The van der Waals surface area contributed by atoms with Crippen LogP contribution in [-0.2, 0) is 21.5 Å². The van der Waals surface area contributed by atoms with Crippen molar-refractivity contribution in [2.75, 3.05) is 25.1 Å². The van der Waals surface area contributed by atoms with Crippen LogP contribution in [0.3, 0.4) is 0 Å². The maximum absolute atomic E-state index is 13.1. The molecule has 5 rings (SSSR count). The summed E-state index contributed by atoms with van der Waals surface area (Å²) in [4.78, 5) is 51.0. The number of imide groups is 2. The first-order valence-electron chi connectivity index (χ1n) is 10.2. The first kappa shape index (κ1) is 19.9. The van der Waals surface area contributed by atoms with Gasteiger partial charge in [-0.05, 0) is 36.1 Å². The lowest BCUT2D eigenvalue weighted by Gasteiger charge is -2.22. The minimum absolute atomic E-state index is 0.399. The van der Waals surface area contributed by atoms with Crippen LogP contribution in [0.4, 0.5) is 15.3 Å². The zero-order valence-corrected chi connectivity index (χ0v) is 17.0. The zero-order valence-electron chi connectivity index (χ0n) is 17.0. The Labute approximate surface area is 182 Å². The number of aryl methyl sites for hydroxylation is 1. The molecule has 3 aliphatic rings. The van der Waals surface area contributed by atoms with E-state index in [1.54, 1.807) is 18.2 Å². The SMILES string of the molecule is O=C(CN1C(=O)N[C@@]2(CCc3ccccc32)C1=O)NC(=O)Nc1ccc2c(c1)OCCO2. The van der Waals surface area contributed by atoms with E-state index in [-0.39, 0.29) is 0 Å². The molecule has 10 heteroatoms. The summed E-state index contributed by atoms with van der Waals surface area (Å²) >= 11 is 0. The Morgan fingerprint density at radius 1 is 1.06 bits per heavy atom. The quantitative estimate of drug-likeness (QED) is 0.626. The van der Waals surface area contributed by atoms with E-state index in [9.17, 15) is 19.2 Å². The largest absolute Gasteiger partial charge is 0.486 e. The Hall–Kier alpha value is -4.08. The summed E-state index contributed by atoms with van der Waals surface area (Å²) in [6, 6.07) is 10.8. The third kappa shape index (κ3) is 3.29. The molecule has 0 unspecified atom stereocenters. The highest BCUT2D eigenvalue weighted by molar-refractivity contribution is 6.11. The summed E-state index contributed by atoms with van der Waals surface area (Å²) in [5.41, 5.74) is 0.987. The molecule has 2 heterocycles. The van der Waals surface area contributed by atoms with Crippen molar-refractivity contribution in [2.45, 2.75) is 18.4 Å². The Morgan fingerprint density at radius 2 is 1.84 bits per heavy atom. The second-order valence-corrected chi connectivity index (χ2v) is 7.74. The van der Waals surface area contributed by atoms with Gasteiger partial charge in [-0.15, -0.1) is 0 Å². The van der Waals surface area contributed by atoms with Crippen molar-refractivity contribution in [1.82, 2.24) is 15.5 Å². The fraction of sp³-hybridized carbons (Fsp3) is 0.273. The van der Waals surface area contributed by atoms with Gasteiger partial charge >= 0.3 is 12.1 Å². The van der Waals surface area contributed by atoms with Gasteiger partial charge in [-0.1, -0.05) is 24.3 Å². The summed E-state index contributed by atoms with van der Waals surface area (Å²) in [5.74, 6) is -0.220. The number of anilines is 1. The average Bonchev–Trinajstić information content (AvgIpc) is 3.27. The first-order valence-corrected chi connectivity index (χ1v) is 10.2. The van der Waals surface area contributed by atoms with Gasteiger partial charge in [-0.2, -0.15) is 0 Å². The monoisotopic (exact) mass is 436 g/mol. The number of carbonyl (C=O) groups excluding carboxylic acids is 4. The van der Waals surface area contributed by atoms with Crippen molar-refractivity contribution in [3.05, 3.63) is 53.6 Å². The van der Waals surface area contributed by atoms with Gasteiger partial charge in [0.05, 0.1) is 0 Å². The summed E-state index contributed by atoms with van der Waals surface area (Å²) < 4.78 is 10.9. The van der Waals surface area contributed by atoms with E-state index in [0.29, 0.717) is 43.2 Å². The fourth-order valence-corrected chi connectivity index (χ4v) is 4.33. The number of hydrogen-bond donors (Lipinski definition) is 3. The molecule has 0 radical (unpaired) electrons. The third-order valence-electron chi connectivity index (χ3n) is 5.78. The molecule has 2 aromatic carbocycles. The molecule has 1 aliphatic carbocycles. The highest BCUT2D eigenvalue weighted by Crippen LogP contribution is 2.41. The topological polar surface area (TPSA) is 126 Å². The Bertz CT molecular complexity index is 1150. The van der Waals surface area contributed by atoms with Gasteiger partial charge in [0.1, 0.15) is 25.3 Å². The van der Waals surface area contributed by atoms with E-state index >= 15 is 0 Å². The molecule has 2 aliphatic heterocycles. The second kappa shape index (κ2) is 7.56. The maximum atomic E-state index is 13.1. The van der Waals surface area contributed by atoms with Crippen LogP contribution in [0, 0.1) is 0 Å². The minimum Gasteiger partial charge on any atom is -0.486 e. The van der Waals surface area contributed by atoms with E-state index in [2.05, 4.69) is 16.0 Å². The smallest absolute Gasteiger partial charge is 0.325 e. The van der Waals surface area contributed by atoms with Crippen LogP contribution in [0.5, 0.6) is 11.5 Å². The predicted octanol–water partition coefficient (Wildman–Crippen LogP) is 1.50. The number of fused-ring (bicyclic) bond motifs is 3. The van der Waals surface area contributed by atoms with Crippen LogP contribution in [0.2, 0.25) is 0 Å². The fourth-order valence-electron chi connectivity index (χ4n) is 4.33. The van der Waals surface area contributed by atoms with E-state index in [0.717, 1.165) is 16.0 Å². The van der Waals surface area contributed by atoms with Crippen molar-refractivity contribution in [1.29, 1.82) is 0 Å². The number of benzene rings is 2. The van der Waals surface area contributed by atoms with Crippen LogP contribution < -0.4 is 25.4 Å². The van der Waals surface area contributed by atoms with Gasteiger partial charge in [0.15, 0.2) is 11.5 Å². The van der Waals surface area contributed by atoms with Crippen molar-refractivity contribution < 1.29 is 28.7 Å². The van der Waals surface area contributed by atoms with E-state index in [4.69, 9.17) is 9.47 Å². The Morgan fingerprint density at radius 3 is 2.69 bits per heavy atom. The number of nitrogens with zero attached hydrogens (tertiary/aromatic N) is 1. The third-order valence-corrected chi connectivity index (χ3v) is 5.78. The Kier molecular flexibility index (Phi) is 4.69. The molecule has 2 aromatic rings. The summed E-state index contributed by atoms with van der Waals surface area (Å²) in [6.45, 7) is 0.284. The van der Waals surface area contributed by atoms with E-state index < -0.39 is 36.0 Å². The van der Waals surface area contributed by atoms with Crippen molar-refractivity contribution in [3.63, 3.8) is 0 Å². The van der Waals surface area contributed by atoms with Gasteiger partial charge in [0, 0.05) is 11.8 Å². The molecule has 1 fully saturated rings. The van der Waals surface area contributed by atoms with Crippen molar-refractivity contribution >= 4 is 29.6 Å². The van der Waals surface area contributed by atoms with Crippen LogP contribution >= 0.6 is 0 Å². The molecular formula is C22H20N4O6. The molecular weight excluding hydrogens is 416 g/mol. The van der Waals surface area contributed by atoms with Crippen LogP contribution in [0.15, 0.2) is 42.5 Å². The molecule has 0 bridgehead atoms. The number of rotatable bonds is 3. The lowest BCUT2D eigenvalue weighted by Crippen LogP contribution is -2.45. The molecule has 164 valence electrons. The first-order chi connectivity index (χ1) is 15.5. The molecule has 10 nitrogen and oxygen atoms in total. The molecule has 32 heavy (non-hydrogen) atoms. The molecule has 3 N–H and O–H groups in total. The van der Waals surface area contributed by atoms with Crippen LogP contribution in [-0.4, -0.2) is 48.5 Å². The van der Waals surface area contributed by atoms with Gasteiger partial charge in [-0.3, -0.25) is 19.8 Å². The normalized spacial score (nSPS) is 20.7. The molecule has 0 aromatic heterocycles. The number of carbonyl (C=O) groups is 4. The molecule has 1 atom stereocenters. The molecule has 0 saturated carbocycles. The van der Waals surface area contributed by atoms with Gasteiger partial charge < -0.3 is 20.1 Å². The lowest BCUT2D eigenvalue weighted by molar-refractivity contribution is -0.135. The zero-order chi connectivity index (χ0) is 22.3. The maximum Gasteiger partial charge on any atom is 0.325 e. The standard InChI is InChI=1S/C22H20N4O6/c27-18(24-20(29)23-14-5-6-16-17(11-14)32-10-9-31-16)12-26-19(28)22(25-21(26)30)8-7-13-3-1-2-4-15(13)22/h1-6,11H,7-10,12H2,(H,25,30)(H2,23,24,27,29)/t22-/m1/s1. The number of nitrogens with one attached hydrogen (secondary N) is 3. The minimum atomic E-state index is -1.15. The number of ether oxygens (including phenoxy) is 2. The van der Waals surface area contributed by atoms with Crippen molar-refractivity contribution in [3.8, 4) is 11.5 Å². The number of hydrogen-bond acceptors (Lipinski definition) is 6. The van der Waals surface area contributed by atoms with E-state index in [1.165, 1.54) is 0 Å². The summed E-state index contributed by atoms with van der Waals surface area (Å²) in [6.07, 6.45) is 1.08. The molecule has 1 spiro atoms. The Balaban J connectivity index is 1.22. The lowest BCUT2D eigenvalue weighted by atomic mass is 9.92. The predicted molar refractivity (Wildman–Crippen MR) is 111 cm³/mol. The van der Waals surface area contributed by atoms with Crippen LogP contribution in [0.1, 0.15) is 17.5 Å². The average molecular weight is 436 g/mol. The van der Waals surface area contributed by atoms with Crippen LogP contribution in [0.25, 0.3) is 0 Å². The number of urea groups is 2. The highest BCUT2D eigenvalue weighted by atomic mass is 16.6. The van der Waals surface area contributed by atoms with Crippen molar-refractivity contribution in [2.24, 2.45) is 0 Å². The van der Waals surface area contributed by atoms with Gasteiger partial charge in [0.25, 0.3) is 5.91 Å². The second-order valence-electron chi connectivity index (χ2n) is 7.74. The number of amides is 6. The molecule has 1 saturated heterocycles. The summed E-state index contributed by atoms with van der Waals surface area (Å²) in [5, 5.41) is 7.41. The van der Waals surface area contributed by atoms with Gasteiger partial charge in [0.2, 0.25) is 5.91 Å².